The number of aromatic hydroxyl groups is 2. The van der Waals surface area contributed by atoms with Crippen LogP contribution in [0.15, 0.2) is 17.0 Å². The minimum absolute atomic E-state index is 0. The van der Waals surface area contributed by atoms with Crippen LogP contribution in [0.25, 0.3) is 0 Å². The first kappa shape index (κ1) is 27.7. The molecule has 28 heavy (non-hydrogen) atoms. The van der Waals surface area contributed by atoms with Gasteiger partial charge in [0, 0.05) is 6.07 Å². The molecular weight excluding hydrogens is 387 g/mol. The van der Waals surface area contributed by atoms with Crippen molar-refractivity contribution in [2.45, 2.75) is 102 Å². The van der Waals surface area contributed by atoms with Gasteiger partial charge in [-0.15, -0.1) is 0 Å². The van der Waals surface area contributed by atoms with E-state index in [2.05, 4.69) is 6.92 Å². The molecular formula is C21H36NaO5S+. The molecule has 0 fully saturated rings. The summed E-state index contributed by atoms with van der Waals surface area (Å²) in [6.45, 7) is 2.24. The first-order valence-electron chi connectivity index (χ1n) is 10.4. The molecule has 1 aromatic rings. The molecule has 0 aliphatic rings. The van der Waals surface area contributed by atoms with E-state index in [1.165, 1.54) is 70.3 Å². The van der Waals surface area contributed by atoms with Gasteiger partial charge in [-0.05, 0) is 24.5 Å². The third-order valence-corrected chi connectivity index (χ3v) is 5.87. The van der Waals surface area contributed by atoms with Gasteiger partial charge in [0.25, 0.3) is 10.1 Å². The van der Waals surface area contributed by atoms with E-state index in [4.69, 9.17) is 4.55 Å². The predicted molar refractivity (Wildman–Crippen MR) is 109 cm³/mol. The molecule has 0 saturated heterocycles. The SMILES string of the molecule is CCCCCCCCCCCCCCCc1cc(O)c(S(=O)(=O)O)cc1O.[Na+]. The second-order valence-corrected chi connectivity index (χ2v) is 8.81. The summed E-state index contributed by atoms with van der Waals surface area (Å²) in [5, 5.41) is 19.6. The predicted octanol–water partition coefficient (Wildman–Crippen LogP) is 2.98. The molecule has 0 amide bonds. The van der Waals surface area contributed by atoms with Crippen LogP contribution in [0.1, 0.15) is 96.0 Å². The topological polar surface area (TPSA) is 94.8 Å². The van der Waals surface area contributed by atoms with Gasteiger partial charge < -0.3 is 10.2 Å². The Morgan fingerprint density at radius 3 is 1.57 bits per heavy atom. The normalized spacial score (nSPS) is 11.4. The van der Waals surface area contributed by atoms with Crippen molar-refractivity contribution in [2.75, 3.05) is 0 Å². The molecule has 1 aromatic carbocycles. The number of phenols is 2. The van der Waals surface area contributed by atoms with E-state index in [-0.39, 0.29) is 35.3 Å². The van der Waals surface area contributed by atoms with E-state index in [9.17, 15) is 18.6 Å². The van der Waals surface area contributed by atoms with Gasteiger partial charge in [-0.3, -0.25) is 4.55 Å². The van der Waals surface area contributed by atoms with Gasteiger partial charge in [0.2, 0.25) is 0 Å². The van der Waals surface area contributed by atoms with Crippen molar-refractivity contribution >= 4 is 10.1 Å². The summed E-state index contributed by atoms with van der Waals surface area (Å²) in [5.74, 6) is -0.737. The average Bonchev–Trinajstić information content (AvgIpc) is 2.60. The molecule has 0 radical (unpaired) electrons. The zero-order valence-corrected chi connectivity index (χ0v) is 20.4. The largest absolute Gasteiger partial charge is 1.00 e. The van der Waals surface area contributed by atoms with Crippen LogP contribution in [0.2, 0.25) is 0 Å². The van der Waals surface area contributed by atoms with E-state index in [1.54, 1.807) is 0 Å². The fraction of sp³-hybridized carbons (Fsp3) is 0.714. The number of unbranched alkanes of at least 4 members (excludes halogenated alkanes) is 12. The maximum Gasteiger partial charge on any atom is 1.00 e. The van der Waals surface area contributed by atoms with Gasteiger partial charge in [-0.2, -0.15) is 8.42 Å². The molecule has 7 heteroatoms. The Labute approximate surface area is 193 Å². The van der Waals surface area contributed by atoms with Crippen molar-refractivity contribution in [1.82, 2.24) is 0 Å². The first-order chi connectivity index (χ1) is 12.9. The third kappa shape index (κ3) is 11.7. The van der Waals surface area contributed by atoms with Crippen LogP contribution in [-0.2, 0) is 16.5 Å². The van der Waals surface area contributed by atoms with Gasteiger partial charge in [-0.1, -0.05) is 84.0 Å². The van der Waals surface area contributed by atoms with E-state index in [1.807, 2.05) is 0 Å². The first-order valence-corrected chi connectivity index (χ1v) is 11.8. The molecule has 0 spiro atoms. The minimum atomic E-state index is -4.53. The molecule has 0 bridgehead atoms. The summed E-state index contributed by atoms with van der Waals surface area (Å²) in [4.78, 5) is -0.658. The molecule has 156 valence electrons. The molecule has 0 heterocycles. The number of phenolic OH excluding ortho intramolecular Hbond substituents is 2. The fourth-order valence-corrected chi connectivity index (χ4v) is 3.92. The molecule has 0 aliphatic heterocycles. The molecule has 3 N–H and O–H groups in total. The Balaban J connectivity index is 0.00000729. The van der Waals surface area contributed by atoms with Crippen LogP contribution in [0.3, 0.4) is 0 Å². The van der Waals surface area contributed by atoms with Crippen molar-refractivity contribution in [3.8, 4) is 11.5 Å². The molecule has 0 saturated carbocycles. The summed E-state index contributed by atoms with van der Waals surface area (Å²) in [6.07, 6.45) is 16.9. The molecule has 0 atom stereocenters. The number of rotatable bonds is 15. The van der Waals surface area contributed by atoms with Crippen LogP contribution in [-0.4, -0.2) is 23.2 Å². The Hall–Kier alpha value is -0.270. The zero-order chi connectivity index (χ0) is 20.1. The Kier molecular flexibility index (Phi) is 15.4. The number of hydrogen-bond donors (Lipinski definition) is 3. The third-order valence-electron chi connectivity index (χ3n) is 4.99. The monoisotopic (exact) mass is 423 g/mol. The van der Waals surface area contributed by atoms with E-state index in [0.717, 1.165) is 25.3 Å². The van der Waals surface area contributed by atoms with Gasteiger partial charge in [0.1, 0.15) is 16.4 Å². The van der Waals surface area contributed by atoms with Crippen LogP contribution >= 0.6 is 0 Å². The second kappa shape index (κ2) is 15.6. The summed E-state index contributed by atoms with van der Waals surface area (Å²) in [6, 6.07) is 2.13. The van der Waals surface area contributed by atoms with Gasteiger partial charge in [0.05, 0.1) is 0 Å². The van der Waals surface area contributed by atoms with Crippen LogP contribution in [0.5, 0.6) is 11.5 Å². The van der Waals surface area contributed by atoms with Crippen LogP contribution in [0, 0.1) is 0 Å². The summed E-state index contributed by atoms with van der Waals surface area (Å²) < 4.78 is 31.2. The maximum atomic E-state index is 11.1. The molecule has 5 nitrogen and oxygen atoms in total. The smallest absolute Gasteiger partial charge is 0.508 e. The van der Waals surface area contributed by atoms with Gasteiger partial charge in [0.15, 0.2) is 0 Å². The minimum Gasteiger partial charge on any atom is -0.508 e. The standard InChI is InChI=1S/C21H36O5S.Na/c1-2-3-4-5-6-7-8-9-10-11-12-13-14-15-18-16-20(23)21(17-19(18)22)27(24,25)26;/h16-17,22-23H,2-15H2,1H3,(H,24,25,26);/q;+1. The average molecular weight is 424 g/mol. The van der Waals surface area contributed by atoms with E-state index in [0.29, 0.717) is 12.0 Å². The number of hydrogen-bond acceptors (Lipinski definition) is 4. The summed E-state index contributed by atoms with van der Waals surface area (Å²) in [7, 11) is -4.53. The molecule has 0 aromatic heterocycles. The van der Waals surface area contributed by atoms with Crippen LogP contribution in [0.4, 0.5) is 0 Å². The Morgan fingerprint density at radius 2 is 1.14 bits per heavy atom. The molecule has 1 rings (SSSR count). The number of benzene rings is 1. The van der Waals surface area contributed by atoms with E-state index >= 15 is 0 Å². The summed E-state index contributed by atoms with van der Waals surface area (Å²) >= 11 is 0. The van der Waals surface area contributed by atoms with E-state index < -0.39 is 20.8 Å². The van der Waals surface area contributed by atoms with Crippen molar-refractivity contribution < 1.29 is 52.7 Å². The Bertz CT molecular complexity index is 646. The van der Waals surface area contributed by atoms with Crippen molar-refractivity contribution in [1.29, 1.82) is 0 Å². The van der Waals surface area contributed by atoms with Gasteiger partial charge >= 0.3 is 29.6 Å². The van der Waals surface area contributed by atoms with Gasteiger partial charge in [-0.25, -0.2) is 0 Å². The van der Waals surface area contributed by atoms with Crippen molar-refractivity contribution in [2.24, 2.45) is 0 Å². The number of aryl methyl sites for hydroxylation is 1. The van der Waals surface area contributed by atoms with Crippen LogP contribution < -0.4 is 29.6 Å². The fourth-order valence-electron chi connectivity index (χ4n) is 3.34. The zero-order valence-electron chi connectivity index (χ0n) is 17.6. The summed E-state index contributed by atoms with van der Waals surface area (Å²) in [5.41, 5.74) is 0.503. The quantitative estimate of drug-likeness (QED) is 0.174. The second-order valence-electron chi connectivity index (χ2n) is 7.42. The maximum absolute atomic E-state index is 11.1. The van der Waals surface area contributed by atoms with Crippen molar-refractivity contribution in [3.63, 3.8) is 0 Å². The molecule has 0 aliphatic carbocycles. The van der Waals surface area contributed by atoms with Crippen molar-refractivity contribution in [3.05, 3.63) is 17.7 Å². The molecule has 0 unspecified atom stereocenters. The Morgan fingerprint density at radius 1 is 0.714 bits per heavy atom.